The number of halogens is 1. The van der Waals surface area contributed by atoms with Crippen LogP contribution in [0.1, 0.15) is 10.4 Å². The maximum Gasteiger partial charge on any atom is 0.338 e. The smallest absolute Gasteiger partial charge is 0.338 e. The number of hydrogen-bond donors (Lipinski definition) is 2. The number of nitrogens with one attached hydrogen (secondary N) is 2. The Morgan fingerprint density at radius 1 is 1.19 bits per heavy atom. The fourth-order valence-corrected chi connectivity index (χ4v) is 2.54. The molecule has 27 heavy (non-hydrogen) atoms. The quantitative estimate of drug-likeness (QED) is 0.633. The molecule has 3 rings (SSSR count). The van der Waals surface area contributed by atoms with E-state index in [1.165, 1.54) is 7.11 Å². The molecule has 0 saturated carbocycles. The minimum atomic E-state index is -0.603. The van der Waals surface area contributed by atoms with Crippen molar-refractivity contribution in [1.29, 1.82) is 0 Å². The number of rotatable bonds is 6. The minimum Gasteiger partial charge on any atom is -0.495 e. The number of aromatic amines is 1. The van der Waals surface area contributed by atoms with Crippen molar-refractivity contribution in [3.8, 4) is 17.1 Å². The zero-order chi connectivity index (χ0) is 19.2. The molecule has 0 unspecified atom stereocenters. The number of imidazole rings is 1. The number of H-pyrrole nitrogens is 1. The van der Waals surface area contributed by atoms with E-state index in [2.05, 4.69) is 15.3 Å². The summed E-state index contributed by atoms with van der Waals surface area (Å²) in [6.07, 6.45) is 3.36. The zero-order valence-corrected chi connectivity index (χ0v) is 15.1. The molecule has 0 fully saturated rings. The van der Waals surface area contributed by atoms with Crippen LogP contribution in [-0.2, 0) is 9.53 Å². The summed E-state index contributed by atoms with van der Waals surface area (Å²) in [7, 11) is 1.48. The van der Waals surface area contributed by atoms with Crippen molar-refractivity contribution >= 4 is 29.2 Å². The van der Waals surface area contributed by atoms with Gasteiger partial charge in [-0.2, -0.15) is 0 Å². The van der Waals surface area contributed by atoms with Gasteiger partial charge in [0.05, 0.1) is 18.4 Å². The monoisotopic (exact) mass is 385 g/mol. The van der Waals surface area contributed by atoms with Crippen molar-refractivity contribution in [3.63, 3.8) is 0 Å². The Labute approximate surface area is 160 Å². The van der Waals surface area contributed by atoms with Crippen LogP contribution in [0.4, 0.5) is 5.69 Å². The SMILES string of the molecule is COc1ccc(Cl)cc1NC(=O)COC(=O)c1ccc(-c2ncc[nH]2)cc1. The number of esters is 1. The lowest BCUT2D eigenvalue weighted by Gasteiger charge is -2.11. The molecule has 138 valence electrons. The first kappa shape index (κ1) is 18.5. The molecule has 0 radical (unpaired) electrons. The van der Waals surface area contributed by atoms with Crippen LogP contribution in [0.15, 0.2) is 54.9 Å². The van der Waals surface area contributed by atoms with E-state index in [4.69, 9.17) is 21.1 Å². The van der Waals surface area contributed by atoms with E-state index >= 15 is 0 Å². The number of hydrogen-bond acceptors (Lipinski definition) is 5. The molecule has 1 amide bonds. The second-order valence-corrected chi connectivity index (χ2v) is 5.92. The van der Waals surface area contributed by atoms with Crippen molar-refractivity contribution in [1.82, 2.24) is 9.97 Å². The van der Waals surface area contributed by atoms with Gasteiger partial charge in [-0.05, 0) is 30.3 Å². The van der Waals surface area contributed by atoms with Crippen LogP contribution in [0, 0.1) is 0 Å². The van der Waals surface area contributed by atoms with Gasteiger partial charge in [0, 0.05) is 23.0 Å². The van der Waals surface area contributed by atoms with Gasteiger partial charge in [0.25, 0.3) is 5.91 Å². The summed E-state index contributed by atoms with van der Waals surface area (Å²) in [6.45, 7) is -0.436. The maximum atomic E-state index is 12.1. The number of aromatic nitrogens is 2. The highest BCUT2D eigenvalue weighted by atomic mass is 35.5. The van der Waals surface area contributed by atoms with E-state index in [9.17, 15) is 9.59 Å². The van der Waals surface area contributed by atoms with Gasteiger partial charge < -0.3 is 19.8 Å². The summed E-state index contributed by atoms with van der Waals surface area (Å²) < 4.78 is 10.2. The molecule has 0 aliphatic rings. The van der Waals surface area contributed by atoms with E-state index in [1.54, 1.807) is 54.9 Å². The molecule has 1 aromatic heterocycles. The normalized spacial score (nSPS) is 10.3. The van der Waals surface area contributed by atoms with Crippen LogP contribution in [0.25, 0.3) is 11.4 Å². The van der Waals surface area contributed by atoms with Crippen molar-refractivity contribution in [2.75, 3.05) is 19.0 Å². The summed E-state index contributed by atoms with van der Waals surface area (Å²) >= 11 is 5.92. The Morgan fingerprint density at radius 2 is 1.96 bits per heavy atom. The molecule has 8 heteroatoms. The second kappa shape index (κ2) is 8.37. The number of nitrogens with zero attached hydrogens (tertiary/aromatic N) is 1. The predicted octanol–water partition coefficient (Wildman–Crippen LogP) is 3.53. The molecule has 0 aliphatic heterocycles. The molecule has 0 saturated heterocycles. The Kier molecular flexibility index (Phi) is 5.73. The number of anilines is 1. The second-order valence-electron chi connectivity index (χ2n) is 5.48. The summed E-state index contributed by atoms with van der Waals surface area (Å²) in [5, 5.41) is 3.04. The lowest BCUT2D eigenvalue weighted by atomic mass is 10.1. The van der Waals surface area contributed by atoms with E-state index in [-0.39, 0.29) is 0 Å². The van der Waals surface area contributed by atoms with Gasteiger partial charge in [0.1, 0.15) is 11.6 Å². The highest BCUT2D eigenvalue weighted by Crippen LogP contribution is 2.27. The van der Waals surface area contributed by atoms with Crippen molar-refractivity contribution in [2.45, 2.75) is 0 Å². The Hall–Kier alpha value is -3.32. The molecule has 2 N–H and O–H groups in total. The highest BCUT2D eigenvalue weighted by molar-refractivity contribution is 6.31. The highest BCUT2D eigenvalue weighted by Gasteiger charge is 2.13. The van der Waals surface area contributed by atoms with Crippen molar-refractivity contribution in [3.05, 3.63) is 65.4 Å². The molecule has 0 aliphatic carbocycles. The number of carbonyl (C=O) groups is 2. The van der Waals surface area contributed by atoms with Gasteiger partial charge in [-0.15, -0.1) is 0 Å². The van der Waals surface area contributed by atoms with Gasteiger partial charge in [-0.3, -0.25) is 4.79 Å². The average molecular weight is 386 g/mol. The first-order valence-corrected chi connectivity index (χ1v) is 8.35. The summed E-state index contributed by atoms with van der Waals surface area (Å²) in [5.74, 6) is 0.0442. The topological polar surface area (TPSA) is 93.3 Å². The van der Waals surface area contributed by atoms with Crippen LogP contribution in [0.5, 0.6) is 5.75 Å². The molecular formula is C19H16ClN3O4. The average Bonchev–Trinajstić information content (AvgIpc) is 3.21. The Morgan fingerprint density at radius 3 is 2.63 bits per heavy atom. The summed E-state index contributed by atoms with van der Waals surface area (Å²) in [4.78, 5) is 31.3. The van der Waals surface area contributed by atoms with Gasteiger partial charge in [-0.1, -0.05) is 23.7 Å². The van der Waals surface area contributed by atoms with Crippen LogP contribution >= 0.6 is 11.6 Å². The van der Waals surface area contributed by atoms with E-state index in [0.29, 0.717) is 27.8 Å². The van der Waals surface area contributed by atoms with Gasteiger partial charge in [0.15, 0.2) is 6.61 Å². The summed E-state index contributed by atoms with van der Waals surface area (Å²) in [6, 6.07) is 11.5. The number of methoxy groups -OCH3 is 1. The molecule has 3 aromatic rings. The predicted molar refractivity (Wildman–Crippen MR) is 101 cm³/mol. The number of benzene rings is 2. The first-order valence-electron chi connectivity index (χ1n) is 7.97. The third-order valence-corrected chi connectivity index (χ3v) is 3.90. The third kappa shape index (κ3) is 4.65. The number of amides is 1. The molecule has 0 bridgehead atoms. The van der Waals surface area contributed by atoms with Crippen LogP contribution in [0.3, 0.4) is 0 Å². The number of carbonyl (C=O) groups excluding carboxylic acids is 2. The first-order chi connectivity index (χ1) is 13.1. The standard InChI is InChI=1S/C19H16ClN3O4/c1-26-16-7-6-14(20)10-15(16)23-17(24)11-27-19(25)13-4-2-12(3-5-13)18-21-8-9-22-18/h2-10H,11H2,1H3,(H,21,22)(H,23,24). The number of ether oxygens (including phenoxy) is 2. The minimum absolute atomic E-state index is 0.332. The molecule has 1 heterocycles. The van der Waals surface area contributed by atoms with E-state index < -0.39 is 18.5 Å². The molecule has 2 aromatic carbocycles. The fourth-order valence-electron chi connectivity index (χ4n) is 2.37. The van der Waals surface area contributed by atoms with Gasteiger partial charge in [0.2, 0.25) is 0 Å². The van der Waals surface area contributed by atoms with Crippen LogP contribution in [-0.4, -0.2) is 35.6 Å². The molecule has 0 atom stereocenters. The lowest BCUT2D eigenvalue weighted by molar-refractivity contribution is -0.119. The zero-order valence-electron chi connectivity index (χ0n) is 14.4. The Balaban J connectivity index is 1.57. The van der Waals surface area contributed by atoms with Crippen LogP contribution < -0.4 is 10.1 Å². The fraction of sp³-hybridized carbons (Fsp3) is 0.105. The van der Waals surface area contributed by atoms with Crippen molar-refractivity contribution in [2.24, 2.45) is 0 Å². The van der Waals surface area contributed by atoms with Crippen LogP contribution in [0.2, 0.25) is 5.02 Å². The van der Waals surface area contributed by atoms with E-state index in [0.717, 1.165) is 5.56 Å². The summed E-state index contributed by atoms with van der Waals surface area (Å²) in [5.41, 5.74) is 1.56. The largest absolute Gasteiger partial charge is 0.495 e. The van der Waals surface area contributed by atoms with E-state index in [1.807, 2.05) is 0 Å². The van der Waals surface area contributed by atoms with Gasteiger partial charge in [-0.25, -0.2) is 9.78 Å². The maximum absolute atomic E-state index is 12.1. The third-order valence-electron chi connectivity index (χ3n) is 3.66. The molecule has 7 nitrogen and oxygen atoms in total. The molecule has 0 spiro atoms. The lowest BCUT2D eigenvalue weighted by Crippen LogP contribution is -2.21. The Bertz CT molecular complexity index is 940. The van der Waals surface area contributed by atoms with Gasteiger partial charge >= 0.3 is 5.97 Å². The molecular weight excluding hydrogens is 370 g/mol. The van der Waals surface area contributed by atoms with Crippen molar-refractivity contribution < 1.29 is 19.1 Å².